The number of rotatable bonds is 4. The molecule has 3 unspecified atom stereocenters. The first kappa shape index (κ1) is 11.4. The van der Waals surface area contributed by atoms with Crippen molar-refractivity contribution in [1.82, 2.24) is 5.32 Å². The SMILES string of the molecule is COCC1(C)CC(CC2CCOC2)CN1. The van der Waals surface area contributed by atoms with Gasteiger partial charge in [-0.15, -0.1) is 0 Å². The summed E-state index contributed by atoms with van der Waals surface area (Å²) in [5.74, 6) is 1.62. The molecule has 0 radical (unpaired) electrons. The molecule has 2 rings (SSSR count). The van der Waals surface area contributed by atoms with Gasteiger partial charge in [0.2, 0.25) is 0 Å². The first-order valence-corrected chi connectivity index (χ1v) is 6.03. The number of hydrogen-bond acceptors (Lipinski definition) is 3. The lowest BCUT2D eigenvalue weighted by Gasteiger charge is -2.23. The van der Waals surface area contributed by atoms with Crippen LogP contribution < -0.4 is 5.32 Å². The third-order valence-corrected chi connectivity index (χ3v) is 3.71. The smallest absolute Gasteiger partial charge is 0.0641 e. The minimum Gasteiger partial charge on any atom is -0.383 e. The van der Waals surface area contributed by atoms with Gasteiger partial charge in [0.05, 0.1) is 6.61 Å². The molecule has 2 aliphatic heterocycles. The van der Waals surface area contributed by atoms with Crippen molar-refractivity contribution >= 4 is 0 Å². The van der Waals surface area contributed by atoms with Gasteiger partial charge in [0.1, 0.15) is 0 Å². The number of methoxy groups -OCH3 is 1. The number of ether oxygens (including phenoxy) is 2. The molecule has 2 saturated heterocycles. The quantitative estimate of drug-likeness (QED) is 0.766. The predicted molar refractivity (Wildman–Crippen MR) is 59.9 cm³/mol. The van der Waals surface area contributed by atoms with Gasteiger partial charge in [-0.3, -0.25) is 0 Å². The average Bonchev–Trinajstić information content (AvgIpc) is 2.78. The van der Waals surface area contributed by atoms with Crippen LogP contribution in [0.5, 0.6) is 0 Å². The highest BCUT2D eigenvalue weighted by atomic mass is 16.5. The van der Waals surface area contributed by atoms with Crippen LogP contribution in [0, 0.1) is 11.8 Å². The van der Waals surface area contributed by atoms with Crippen LogP contribution in [-0.4, -0.2) is 39.0 Å². The Morgan fingerprint density at radius 1 is 1.47 bits per heavy atom. The molecular formula is C12H23NO2. The summed E-state index contributed by atoms with van der Waals surface area (Å²) in [4.78, 5) is 0. The summed E-state index contributed by atoms with van der Waals surface area (Å²) in [6.07, 6.45) is 3.83. The normalized spacial score (nSPS) is 41.2. The van der Waals surface area contributed by atoms with Crippen LogP contribution in [0.4, 0.5) is 0 Å². The molecule has 0 spiro atoms. The molecule has 0 aliphatic carbocycles. The zero-order valence-electron chi connectivity index (χ0n) is 9.92. The van der Waals surface area contributed by atoms with E-state index < -0.39 is 0 Å². The second kappa shape index (κ2) is 4.81. The fraction of sp³-hybridized carbons (Fsp3) is 1.00. The highest BCUT2D eigenvalue weighted by molar-refractivity contribution is 4.93. The van der Waals surface area contributed by atoms with Crippen LogP contribution in [0.3, 0.4) is 0 Å². The lowest BCUT2D eigenvalue weighted by molar-refractivity contribution is 0.127. The monoisotopic (exact) mass is 213 g/mol. The summed E-state index contributed by atoms with van der Waals surface area (Å²) in [6, 6.07) is 0. The highest BCUT2D eigenvalue weighted by Gasteiger charge is 2.35. The van der Waals surface area contributed by atoms with Gasteiger partial charge in [0.25, 0.3) is 0 Å². The van der Waals surface area contributed by atoms with E-state index in [1.165, 1.54) is 19.3 Å². The average molecular weight is 213 g/mol. The summed E-state index contributed by atoms with van der Waals surface area (Å²) in [7, 11) is 1.78. The van der Waals surface area contributed by atoms with Gasteiger partial charge in [-0.2, -0.15) is 0 Å². The molecule has 2 fully saturated rings. The van der Waals surface area contributed by atoms with Crippen LogP contribution in [0.1, 0.15) is 26.2 Å². The van der Waals surface area contributed by atoms with Crippen molar-refractivity contribution in [3.05, 3.63) is 0 Å². The van der Waals surface area contributed by atoms with E-state index >= 15 is 0 Å². The predicted octanol–water partition coefficient (Wildman–Crippen LogP) is 1.43. The van der Waals surface area contributed by atoms with Gasteiger partial charge in [-0.05, 0) is 44.6 Å². The molecule has 3 heteroatoms. The van der Waals surface area contributed by atoms with Crippen molar-refractivity contribution in [3.63, 3.8) is 0 Å². The van der Waals surface area contributed by atoms with E-state index in [1.54, 1.807) is 7.11 Å². The standard InChI is InChI=1S/C12H23NO2/c1-12(9-14-2)6-11(7-13-12)5-10-3-4-15-8-10/h10-11,13H,3-9H2,1-2H3. The molecule has 88 valence electrons. The highest BCUT2D eigenvalue weighted by Crippen LogP contribution is 2.31. The third kappa shape index (κ3) is 2.92. The third-order valence-electron chi connectivity index (χ3n) is 3.71. The Balaban J connectivity index is 1.76. The first-order valence-electron chi connectivity index (χ1n) is 6.03. The van der Waals surface area contributed by atoms with Gasteiger partial charge >= 0.3 is 0 Å². The van der Waals surface area contributed by atoms with Crippen molar-refractivity contribution in [3.8, 4) is 0 Å². The Bertz CT molecular complexity index is 204. The molecule has 0 aromatic heterocycles. The lowest BCUT2D eigenvalue weighted by Crippen LogP contribution is -2.40. The van der Waals surface area contributed by atoms with Crippen LogP contribution in [0.2, 0.25) is 0 Å². The largest absolute Gasteiger partial charge is 0.383 e. The van der Waals surface area contributed by atoms with Gasteiger partial charge in [0, 0.05) is 25.9 Å². The Labute approximate surface area is 92.5 Å². The van der Waals surface area contributed by atoms with Crippen LogP contribution in [-0.2, 0) is 9.47 Å². The van der Waals surface area contributed by atoms with E-state index in [0.29, 0.717) is 0 Å². The molecular weight excluding hydrogens is 190 g/mol. The Morgan fingerprint density at radius 3 is 3.00 bits per heavy atom. The maximum Gasteiger partial charge on any atom is 0.0641 e. The molecule has 3 atom stereocenters. The van der Waals surface area contributed by atoms with Crippen molar-refractivity contribution in [2.75, 3.05) is 33.5 Å². The summed E-state index contributed by atoms with van der Waals surface area (Å²) in [5, 5.41) is 3.59. The molecule has 3 nitrogen and oxygen atoms in total. The summed E-state index contributed by atoms with van der Waals surface area (Å²) >= 11 is 0. The minimum absolute atomic E-state index is 0.207. The maximum absolute atomic E-state index is 5.42. The number of nitrogens with one attached hydrogen (secondary N) is 1. The second-order valence-electron chi connectivity index (χ2n) is 5.41. The Kier molecular flexibility index (Phi) is 3.65. The summed E-state index contributed by atoms with van der Waals surface area (Å²) in [6.45, 7) is 6.19. The van der Waals surface area contributed by atoms with Crippen LogP contribution >= 0.6 is 0 Å². The van der Waals surface area contributed by atoms with Gasteiger partial charge in [-0.1, -0.05) is 0 Å². The second-order valence-corrected chi connectivity index (χ2v) is 5.41. The number of hydrogen-bond donors (Lipinski definition) is 1. The summed E-state index contributed by atoms with van der Waals surface area (Å²) < 4.78 is 10.7. The topological polar surface area (TPSA) is 30.5 Å². The van der Waals surface area contributed by atoms with Crippen LogP contribution in [0.15, 0.2) is 0 Å². The van der Waals surface area contributed by atoms with E-state index in [1.807, 2.05) is 0 Å². The van der Waals surface area contributed by atoms with Crippen molar-refractivity contribution in [1.29, 1.82) is 0 Å². The van der Waals surface area contributed by atoms with E-state index in [0.717, 1.165) is 38.2 Å². The summed E-state index contributed by atoms with van der Waals surface area (Å²) in [5.41, 5.74) is 0.207. The Morgan fingerprint density at radius 2 is 2.33 bits per heavy atom. The van der Waals surface area contributed by atoms with Gasteiger partial charge < -0.3 is 14.8 Å². The van der Waals surface area contributed by atoms with Crippen LogP contribution in [0.25, 0.3) is 0 Å². The van der Waals surface area contributed by atoms with E-state index in [4.69, 9.17) is 9.47 Å². The minimum atomic E-state index is 0.207. The maximum atomic E-state index is 5.42. The molecule has 0 saturated carbocycles. The molecule has 0 bridgehead atoms. The van der Waals surface area contributed by atoms with Gasteiger partial charge in [0.15, 0.2) is 0 Å². The fourth-order valence-electron chi connectivity index (χ4n) is 3.01. The molecule has 0 amide bonds. The van der Waals surface area contributed by atoms with Crippen molar-refractivity contribution in [2.45, 2.75) is 31.7 Å². The van der Waals surface area contributed by atoms with Gasteiger partial charge in [-0.25, -0.2) is 0 Å². The Hall–Kier alpha value is -0.120. The molecule has 0 aromatic carbocycles. The van der Waals surface area contributed by atoms with Crippen molar-refractivity contribution < 1.29 is 9.47 Å². The van der Waals surface area contributed by atoms with Crippen molar-refractivity contribution in [2.24, 2.45) is 11.8 Å². The molecule has 0 aromatic rings. The van der Waals surface area contributed by atoms with E-state index in [2.05, 4.69) is 12.2 Å². The fourth-order valence-corrected chi connectivity index (χ4v) is 3.01. The zero-order valence-corrected chi connectivity index (χ0v) is 9.92. The molecule has 2 aliphatic rings. The van der Waals surface area contributed by atoms with E-state index in [-0.39, 0.29) is 5.54 Å². The molecule has 2 heterocycles. The zero-order chi connectivity index (χ0) is 10.7. The molecule has 15 heavy (non-hydrogen) atoms. The first-order chi connectivity index (χ1) is 7.22. The van der Waals surface area contributed by atoms with E-state index in [9.17, 15) is 0 Å². The molecule has 1 N–H and O–H groups in total. The lowest BCUT2D eigenvalue weighted by atomic mass is 9.88.